The zero-order chi connectivity index (χ0) is 24.2. The Morgan fingerprint density at radius 3 is 2.15 bits per heavy atom. The molecule has 0 heterocycles. The fraction of sp³-hybridized carbons (Fsp3) is 0.900. The Morgan fingerprint density at radius 1 is 0.818 bits per heavy atom. The van der Waals surface area contributed by atoms with Gasteiger partial charge in [-0.3, -0.25) is 4.79 Å². The minimum atomic E-state index is -0.538. The maximum atomic E-state index is 12.8. The van der Waals surface area contributed by atoms with E-state index in [2.05, 4.69) is 48.1 Å². The van der Waals surface area contributed by atoms with Crippen LogP contribution in [0.4, 0.5) is 0 Å². The number of allylic oxidation sites excluding steroid dienone is 1. The molecule has 0 bridgehead atoms. The van der Waals surface area contributed by atoms with E-state index in [1.54, 1.807) is 0 Å². The summed E-state index contributed by atoms with van der Waals surface area (Å²) >= 11 is 0. The molecule has 5 saturated carbocycles. The maximum absolute atomic E-state index is 12.8. The summed E-state index contributed by atoms with van der Waals surface area (Å²) in [5.74, 6) is 1.79. The Hall–Kier alpha value is -0.830. The van der Waals surface area contributed by atoms with Crippen LogP contribution in [-0.2, 0) is 4.79 Å². The van der Waals surface area contributed by atoms with Crippen molar-refractivity contribution in [3.8, 4) is 0 Å². The van der Waals surface area contributed by atoms with E-state index in [9.17, 15) is 15.0 Å². The molecule has 0 aromatic heterocycles. The molecule has 5 aliphatic carbocycles. The van der Waals surface area contributed by atoms with Gasteiger partial charge in [0.25, 0.3) is 0 Å². The van der Waals surface area contributed by atoms with Gasteiger partial charge in [0, 0.05) is 0 Å². The Kier molecular flexibility index (Phi) is 5.15. The molecule has 10 atom stereocenters. The molecule has 2 N–H and O–H groups in total. The molecule has 0 aromatic carbocycles. The Balaban J connectivity index is 1.57. The smallest absolute Gasteiger partial charge is 0.309 e. The van der Waals surface area contributed by atoms with Crippen LogP contribution in [0.15, 0.2) is 12.2 Å². The molecule has 3 nitrogen and oxygen atoms in total. The van der Waals surface area contributed by atoms with Gasteiger partial charge in [-0.2, -0.15) is 0 Å². The van der Waals surface area contributed by atoms with E-state index >= 15 is 0 Å². The lowest BCUT2D eigenvalue weighted by molar-refractivity contribution is -0.248. The van der Waals surface area contributed by atoms with Crippen molar-refractivity contribution in [3.63, 3.8) is 0 Å². The Labute approximate surface area is 201 Å². The molecule has 5 fully saturated rings. The molecule has 2 unspecified atom stereocenters. The van der Waals surface area contributed by atoms with Gasteiger partial charge in [-0.25, -0.2) is 0 Å². The summed E-state index contributed by atoms with van der Waals surface area (Å²) in [4.78, 5) is 12.8. The predicted octanol–water partition coefficient (Wildman–Crippen LogP) is 7.09. The second-order valence-electron chi connectivity index (χ2n) is 14.5. The van der Waals surface area contributed by atoms with E-state index in [0.29, 0.717) is 23.7 Å². The van der Waals surface area contributed by atoms with Crippen LogP contribution in [0.1, 0.15) is 106 Å². The number of hydrogen-bond acceptors (Lipinski definition) is 2. The molecule has 0 amide bonds. The van der Waals surface area contributed by atoms with Crippen LogP contribution in [0.3, 0.4) is 0 Å². The van der Waals surface area contributed by atoms with Crippen molar-refractivity contribution in [2.45, 2.75) is 112 Å². The van der Waals surface area contributed by atoms with E-state index in [0.717, 1.165) is 38.5 Å². The highest BCUT2D eigenvalue weighted by Crippen LogP contribution is 2.77. The predicted molar refractivity (Wildman–Crippen MR) is 133 cm³/mol. The van der Waals surface area contributed by atoms with Crippen molar-refractivity contribution in [2.75, 3.05) is 0 Å². The van der Waals surface area contributed by atoms with Crippen LogP contribution in [0, 0.1) is 56.7 Å². The first-order valence-corrected chi connectivity index (χ1v) is 13.8. The lowest BCUT2D eigenvalue weighted by Crippen LogP contribution is -2.67. The van der Waals surface area contributed by atoms with Gasteiger partial charge in [-0.15, -0.1) is 0 Å². The first kappa shape index (κ1) is 23.9. The summed E-state index contributed by atoms with van der Waals surface area (Å²) in [6.07, 6.45) is 10.5. The molecular formula is C30H48O3. The highest BCUT2D eigenvalue weighted by Gasteiger charge is 2.71. The third-order valence-electron chi connectivity index (χ3n) is 13.5. The van der Waals surface area contributed by atoms with Gasteiger partial charge in [0.1, 0.15) is 0 Å². The van der Waals surface area contributed by atoms with E-state index in [1.807, 2.05) is 0 Å². The van der Waals surface area contributed by atoms with Gasteiger partial charge in [0.2, 0.25) is 0 Å². The zero-order valence-electron chi connectivity index (χ0n) is 22.0. The average Bonchev–Trinajstić information content (AvgIpc) is 3.13. The molecule has 0 aromatic rings. The second kappa shape index (κ2) is 7.11. The molecule has 3 heteroatoms. The summed E-state index contributed by atoms with van der Waals surface area (Å²) in [6.45, 7) is 18.8. The molecule has 0 aliphatic heterocycles. The topological polar surface area (TPSA) is 57.5 Å². The number of aliphatic hydroxyl groups excluding tert-OH is 1. The summed E-state index contributed by atoms with van der Waals surface area (Å²) in [5.41, 5.74) is 1.35. The van der Waals surface area contributed by atoms with Crippen LogP contribution < -0.4 is 0 Å². The number of aliphatic hydroxyl groups is 1. The molecule has 0 saturated heterocycles. The number of rotatable bonds is 2. The van der Waals surface area contributed by atoms with Crippen molar-refractivity contribution in [1.29, 1.82) is 0 Å². The van der Waals surface area contributed by atoms with Crippen molar-refractivity contribution >= 4 is 5.97 Å². The van der Waals surface area contributed by atoms with Crippen LogP contribution in [-0.4, -0.2) is 22.3 Å². The minimum Gasteiger partial charge on any atom is -0.481 e. The molecule has 0 spiro atoms. The molecule has 5 rings (SSSR count). The molecule has 186 valence electrons. The molecular weight excluding hydrogens is 408 g/mol. The monoisotopic (exact) mass is 456 g/mol. The van der Waals surface area contributed by atoms with Gasteiger partial charge >= 0.3 is 5.97 Å². The van der Waals surface area contributed by atoms with Crippen LogP contribution >= 0.6 is 0 Å². The minimum absolute atomic E-state index is 0.0202. The van der Waals surface area contributed by atoms with E-state index in [-0.39, 0.29) is 33.7 Å². The second-order valence-corrected chi connectivity index (χ2v) is 14.5. The van der Waals surface area contributed by atoms with E-state index in [1.165, 1.54) is 31.3 Å². The highest BCUT2D eigenvalue weighted by atomic mass is 16.4. The quantitative estimate of drug-likeness (QED) is 0.436. The van der Waals surface area contributed by atoms with Crippen LogP contribution in [0.2, 0.25) is 0 Å². The number of fused-ring (bicyclic) bond motifs is 7. The number of hydrogen-bond donors (Lipinski definition) is 2. The van der Waals surface area contributed by atoms with Crippen LogP contribution in [0.5, 0.6) is 0 Å². The largest absolute Gasteiger partial charge is 0.481 e. The standard InChI is InChI=1S/C30H48O3/c1-18(2)19-10-15-30(25(32)33)17-16-28(6)20(24(19)30)8-9-22-27(5)13-12-23(31)26(3,4)21(27)11-14-29(22,28)7/h19-24,31H,1,8-17H2,2-7H3,(H,32,33)/t19?,20-,21+,22-,23+,24-,27+,28?,29-,30+/m1/s1. The molecule has 0 radical (unpaired) electrons. The summed E-state index contributed by atoms with van der Waals surface area (Å²) < 4.78 is 0. The number of aliphatic carboxylic acids is 1. The third-order valence-corrected chi connectivity index (χ3v) is 13.5. The highest BCUT2D eigenvalue weighted by molar-refractivity contribution is 5.76. The van der Waals surface area contributed by atoms with E-state index < -0.39 is 11.4 Å². The number of carboxylic acids is 1. The number of carboxylic acid groups (broad SMARTS) is 1. The lowest BCUT2D eigenvalue weighted by atomic mass is 9.32. The summed E-state index contributed by atoms with van der Waals surface area (Å²) in [6, 6.07) is 0. The summed E-state index contributed by atoms with van der Waals surface area (Å²) in [7, 11) is 0. The first-order chi connectivity index (χ1) is 15.3. The van der Waals surface area contributed by atoms with Gasteiger partial charge < -0.3 is 10.2 Å². The SMILES string of the molecule is C=C(C)C1CC[C@]2(C(=O)O)CCC3(C)[C@H](CC[C@@H]4[C@@]5(C)CC[C@H](O)C(C)(C)[C@@H]5CC[C@]43C)[C@@H]12. The van der Waals surface area contributed by atoms with Crippen molar-refractivity contribution in [2.24, 2.45) is 56.7 Å². The van der Waals surface area contributed by atoms with Crippen molar-refractivity contribution in [3.05, 3.63) is 12.2 Å². The van der Waals surface area contributed by atoms with Gasteiger partial charge in [-0.05, 0) is 122 Å². The normalized spacial score (nSPS) is 55.0. The van der Waals surface area contributed by atoms with Crippen molar-refractivity contribution < 1.29 is 15.0 Å². The first-order valence-electron chi connectivity index (χ1n) is 13.8. The van der Waals surface area contributed by atoms with Gasteiger partial charge in [0.05, 0.1) is 11.5 Å². The molecule has 5 aliphatic rings. The molecule has 33 heavy (non-hydrogen) atoms. The van der Waals surface area contributed by atoms with Gasteiger partial charge in [0.15, 0.2) is 0 Å². The van der Waals surface area contributed by atoms with E-state index in [4.69, 9.17) is 0 Å². The average molecular weight is 457 g/mol. The fourth-order valence-electron chi connectivity index (χ4n) is 11.5. The zero-order valence-corrected chi connectivity index (χ0v) is 22.0. The Bertz CT molecular complexity index is 861. The fourth-order valence-corrected chi connectivity index (χ4v) is 11.5. The lowest BCUT2D eigenvalue weighted by Gasteiger charge is -2.72. The maximum Gasteiger partial charge on any atom is 0.309 e. The third kappa shape index (κ3) is 2.75. The van der Waals surface area contributed by atoms with Gasteiger partial charge in [-0.1, -0.05) is 46.8 Å². The van der Waals surface area contributed by atoms with Crippen LogP contribution in [0.25, 0.3) is 0 Å². The van der Waals surface area contributed by atoms with Crippen molar-refractivity contribution in [1.82, 2.24) is 0 Å². The Morgan fingerprint density at radius 2 is 1.52 bits per heavy atom. The summed E-state index contributed by atoms with van der Waals surface area (Å²) in [5, 5.41) is 21.4. The number of carbonyl (C=O) groups is 1.